The van der Waals surface area contributed by atoms with Gasteiger partial charge in [0.15, 0.2) is 0 Å². The summed E-state index contributed by atoms with van der Waals surface area (Å²) >= 11 is 0. The van der Waals surface area contributed by atoms with Crippen molar-refractivity contribution < 1.29 is 9.53 Å². The molecule has 1 aromatic rings. The Morgan fingerprint density at radius 1 is 1.32 bits per heavy atom. The standard InChI is InChI=1S/C17H24N2O2.ClH/c1-21-16-7-3-2-5-13(16)12-19(15-8-9-15)17(20)11-14-6-4-10-18-14;/h2-3,5,7,14-15,18H,4,6,8-12H2,1H3;1H. The van der Waals surface area contributed by atoms with Crippen LogP contribution in [0.1, 0.15) is 37.7 Å². The zero-order valence-electron chi connectivity index (χ0n) is 13.1. The Hall–Kier alpha value is -1.26. The van der Waals surface area contributed by atoms with Crippen molar-refractivity contribution in [3.8, 4) is 5.75 Å². The second kappa shape index (κ2) is 7.84. The van der Waals surface area contributed by atoms with Crippen molar-refractivity contribution in [1.82, 2.24) is 10.2 Å². The predicted molar refractivity (Wildman–Crippen MR) is 89.5 cm³/mol. The number of hydrogen-bond donors (Lipinski definition) is 1. The Labute approximate surface area is 138 Å². The summed E-state index contributed by atoms with van der Waals surface area (Å²) in [6.45, 7) is 1.72. The summed E-state index contributed by atoms with van der Waals surface area (Å²) in [4.78, 5) is 14.7. The zero-order valence-corrected chi connectivity index (χ0v) is 13.9. The summed E-state index contributed by atoms with van der Waals surface area (Å²) in [7, 11) is 1.69. The molecule has 1 amide bonds. The van der Waals surface area contributed by atoms with Gasteiger partial charge in [0.05, 0.1) is 7.11 Å². The number of methoxy groups -OCH3 is 1. The summed E-state index contributed by atoms with van der Waals surface area (Å²) in [5.41, 5.74) is 1.10. The second-order valence-electron chi connectivity index (χ2n) is 6.06. The van der Waals surface area contributed by atoms with E-state index in [9.17, 15) is 4.79 Å². The fourth-order valence-corrected chi connectivity index (χ4v) is 3.08. The smallest absolute Gasteiger partial charge is 0.224 e. The molecule has 0 bridgehead atoms. The number of nitrogens with one attached hydrogen (secondary N) is 1. The fraction of sp³-hybridized carbons (Fsp3) is 0.588. The Morgan fingerprint density at radius 3 is 2.73 bits per heavy atom. The Kier molecular flexibility index (Phi) is 6.09. The Morgan fingerprint density at radius 2 is 2.09 bits per heavy atom. The molecule has 22 heavy (non-hydrogen) atoms. The lowest BCUT2D eigenvalue weighted by atomic mass is 10.1. The highest BCUT2D eigenvalue weighted by molar-refractivity contribution is 5.85. The van der Waals surface area contributed by atoms with Gasteiger partial charge in [-0.1, -0.05) is 18.2 Å². The van der Waals surface area contributed by atoms with Gasteiger partial charge in [-0.05, 0) is 38.3 Å². The summed E-state index contributed by atoms with van der Waals surface area (Å²) in [6.07, 6.45) is 5.22. The summed E-state index contributed by atoms with van der Waals surface area (Å²) < 4.78 is 5.41. The van der Waals surface area contributed by atoms with E-state index in [1.807, 2.05) is 18.2 Å². The number of ether oxygens (including phenoxy) is 1. The molecule has 5 heteroatoms. The number of carbonyl (C=O) groups is 1. The normalized spacial score (nSPS) is 20.3. The van der Waals surface area contributed by atoms with Gasteiger partial charge >= 0.3 is 0 Å². The molecular formula is C17H25ClN2O2. The zero-order chi connectivity index (χ0) is 14.7. The van der Waals surface area contributed by atoms with E-state index in [4.69, 9.17) is 4.74 Å². The maximum atomic E-state index is 12.6. The first-order chi connectivity index (χ1) is 10.3. The number of carbonyl (C=O) groups excluding carboxylic acids is 1. The number of rotatable bonds is 6. The van der Waals surface area contributed by atoms with Crippen molar-refractivity contribution in [2.45, 2.75) is 50.7 Å². The molecule has 0 radical (unpaired) electrons. The molecule has 1 aliphatic heterocycles. The molecule has 0 aromatic heterocycles. The molecule has 0 spiro atoms. The first kappa shape index (κ1) is 17.1. The van der Waals surface area contributed by atoms with E-state index < -0.39 is 0 Å². The van der Waals surface area contributed by atoms with Crippen LogP contribution in [-0.4, -0.2) is 36.5 Å². The highest BCUT2D eigenvalue weighted by Gasteiger charge is 2.34. The first-order valence-corrected chi connectivity index (χ1v) is 7.92. The number of para-hydroxylation sites is 1. The molecule has 1 aromatic carbocycles. The van der Waals surface area contributed by atoms with Crippen LogP contribution in [0.4, 0.5) is 0 Å². The molecular weight excluding hydrogens is 300 g/mol. The quantitative estimate of drug-likeness (QED) is 0.875. The molecule has 2 aliphatic rings. The Balaban J connectivity index is 0.00000176. The average Bonchev–Trinajstić information content (AvgIpc) is 3.22. The van der Waals surface area contributed by atoms with Crippen LogP contribution in [0.2, 0.25) is 0 Å². The molecule has 4 nitrogen and oxygen atoms in total. The number of amides is 1. The van der Waals surface area contributed by atoms with Crippen molar-refractivity contribution in [2.24, 2.45) is 0 Å². The minimum absolute atomic E-state index is 0. The van der Waals surface area contributed by atoms with Crippen LogP contribution in [0.5, 0.6) is 5.75 Å². The van der Waals surface area contributed by atoms with Gasteiger partial charge in [0.1, 0.15) is 5.75 Å². The van der Waals surface area contributed by atoms with Crippen LogP contribution < -0.4 is 10.1 Å². The van der Waals surface area contributed by atoms with Gasteiger partial charge in [-0.3, -0.25) is 4.79 Å². The van der Waals surface area contributed by atoms with Gasteiger partial charge in [-0.15, -0.1) is 12.4 Å². The van der Waals surface area contributed by atoms with Crippen LogP contribution in [0.25, 0.3) is 0 Å². The Bertz CT molecular complexity index is 499. The van der Waals surface area contributed by atoms with E-state index in [2.05, 4.69) is 16.3 Å². The van der Waals surface area contributed by atoms with Gasteiger partial charge in [0.25, 0.3) is 0 Å². The predicted octanol–water partition coefficient (Wildman–Crippen LogP) is 2.75. The van der Waals surface area contributed by atoms with Crippen molar-refractivity contribution in [3.05, 3.63) is 29.8 Å². The maximum Gasteiger partial charge on any atom is 0.224 e. The molecule has 1 heterocycles. The molecule has 1 saturated heterocycles. The molecule has 1 aliphatic carbocycles. The lowest BCUT2D eigenvalue weighted by molar-refractivity contribution is -0.132. The summed E-state index contributed by atoms with van der Waals surface area (Å²) in [6, 6.07) is 8.79. The topological polar surface area (TPSA) is 41.6 Å². The van der Waals surface area contributed by atoms with Crippen LogP contribution in [0.3, 0.4) is 0 Å². The van der Waals surface area contributed by atoms with Gasteiger partial charge in [-0.25, -0.2) is 0 Å². The van der Waals surface area contributed by atoms with Crippen LogP contribution in [0.15, 0.2) is 24.3 Å². The van der Waals surface area contributed by atoms with E-state index in [0.717, 1.165) is 37.1 Å². The average molecular weight is 325 g/mol. The lowest BCUT2D eigenvalue weighted by Gasteiger charge is -2.25. The highest BCUT2D eigenvalue weighted by atomic mass is 35.5. The minimum atomic E-state index is 0. The van der Waals surface area contributed by atoms with E-state index in [1.54, 1.807) is 7.11 Å². The van der Waals surface area contributed by atoms with Crippen molar-refractivity contribution in [3.63, 3.8) is 0 Å². The number of benzene rings is 1. The third-order valence-corrected chi connectivity index (χ3v) is 4.42. The monoisotopic (exact) mass is 324 g/mol. The minimum Gasteiger partial charge on any atom is -0.496 e. The molecule has 3 rings (SSSR count). The van der Waals surface area contributed by atoms with Crippen LogP contribution >= 0.6 is 12.4 Å². The van der Waals surface area contributed by atoms with Gasteiger partial charge in [0, 0.05) is 30.6 Å². The van der Waals surface area contributed by atoms with Crippen molar-refractivity contribution in [1.29, 1.82) is 0 Å². The van der Waals surface area contributed by atoms with E-state index in [0.29, 0.717) is 25.0 Å². The molecule has 122 valence electrons. The lowest BCUT2D eigenvalue weighted by Crippen LogP contribution is -2.37. The number of halogens is 1. The largest absolute Gasteiger partial charge is 0.496 e. The van der Waals surface area contributed by atoms with E-state index >= 15 is 0 Å². The summed E-state index contributed by atoms with van der Waals surface area (Å²) in [5, 5.41) is 3.42. The van der Waals surface area contributed by atoms with Crippen molar-refractivity contribution in [2.75, 3.05) is 13.7 Å². The molecule has 1 atom stereocenters. The first-order valence-electron chi connectivity index (χ1n) is 7.92. The third kappa shape index (κ3) is 4.14. The molecule has 1 unspecified atom stereocenters. The molecule has 1 N–H and O–H groups in total. The number of hydrogen-bond acceptors (Lipinski definition) is 3. The molecule has 2 fully saturated rings. The SMILES string of the molecule is COc1ccccc1CN(C(=O)CC1CCCN1)C1CC1.Cl. The van der Waals surface area contributed by atoms with Gasteiger partial charge in [-0.2, -0.15) is 0 Å². The van der Waals surface area contributed by atoms with E-state index in [-0.39, 0.29) is 18.3 Å². The van der Waals surface area contributed by atoms with Crippen molar-refractivity contribution >= 4 is 18.3 Å². The maximum absolute atomic E-state index is 12.6. The fourth-order valence-electron chi connectivity index (χ4n) is 3.08. The van der Waals surface area contributed by atoms with Gasteiger partial charge in [0.2, 0.25) is 5.91 Å². The number of nitrogens with zero attached hydrogens (tertiary/aromatic N) is 1. The second-order valence-corrected chi connectivity index (χ2v) is 6.06. The highest BCUT2D eigenvalue weighted by Crippen LogP contribution is 2.31. The summed E-state index contributed by atoms with van der Waals surface area (Å²) in [5.74, 6) is 1.15. The van der Waals surface area contributed by atoms with Gasteiger partial charge < -0.3 is 15.0 Å². The molecule has 1 saturated carbocycles. The van der Waals surface area contributed by atoms with Crippen LogP contribution in [0, 0.1) is 0 Å². The third-order valence-electron chi connectivity index (χ3n) is 4.42. The van der Waals surface area contributed by atoms with Crippen LogP contribution in [-0.2, 0) is 11.3 Å². The van der Waals surface area contributed by atoms with E-state index in [1.165, 1.54) is 6.42 Å².